The van der Waals surface area contributed by atoms with Crippen LogP contribution in [0.5, 0.6) is 0 Å². The van der Waals surface area contributed by atoms with Gasteiger partial charge in [-0.15, -0.1) is 0 Å². The van der Waals surface area contributed by atoms with E-state index in [2.05, 4.69) is 6.92 Å². The van der Waals surface area contributed by atoms with Gasteiger partial charge < -0.3 is 4.90 Å². The van der Waals surface area contributed by atoms with Crippen molar-refractivity contribution in [2.45, 2.75) is 19.8 Å². The number of carbonyl (C=O) groups is 1. The van der Waals surface area contributed by atoms with Crippen LogP contribution in [-0.4, -0.2) is 45.1 Å². The highest BCUT2D eigenvalue weighted by Crippen LogP contribution is 2.22. The molecule has 7 heteroatoms. The van der Waals surface area contributed by atoms with Crippen LogP contribution < -0.4 is 4.31 Å². The van der Waals surface area contributed by atoms with Crippen molar-refractivity contribution in [3.8, 4) is 0 Å². The van der Waals surface area contributed by atoms with Crippen LogP contribution in [0.4, 0.5) is 10.1 Å². The number of benzene rings is 1. The van der Waals surface area contributed by atoms with Crippen molar-refractivity contribution in [3.05, 3.63) is 30.1 Å². The lowest BCUT2D eigenvalue weighted by atomic mass is 10.0. The smallest absolute Gasteiger partial charge is 0.243 e. The molecule has 0 spiro atoms. The Balaban J connectivity index is 2.21. The minimum atomic E-state index is -3.74. The Labute approximate surface area is 130 Å². The molecule has 0 bridgehead atoms. The van der Waals surface area contributed by atoms with Gasteiger partial charge in [0.2, 0.25) is 15.9 Å². The van der Waals surface area contributed by atoms with Gasteiger partial charge in [0.05, 0.1) is 11.9 Å². The Kier molecular flexibility index (Phi) is 5.05. The summed E-state index contributed by atoms with van der Waals surface area (Å²) in [5.74, 6) is -0.550. The van der Waals surface area contributed by atoms with Crippen LogP contribution in [0, 0.1) is 11.7 Å². The molecule has 122 valence electrons. The molecule has 0 radical (unpaired) electrons. The maximum absolute atomic E-state index is 13.9. The number of piperidine rings is 1. The van der Waals surface area contributed by atoms with E-state index in [-0.39, 0.29) is 18.1 Å². The maximum atomic E-state index is 13.9. The number of halogens is 1. The number of likely N-dealkylation sites (tertiary alicyclic amines) is 1. The van der Waals surface area contributed by atoms with Crippen molar-refractivity contribution in [3.63, 3.8) is 0 Å². The summed E-state index contributed by atoms with van der Waals surface area (Å²) in [6.07, 6.45) is 2.95. The lowest BCUT2D eigenvalue weighted by Gasteiger charge is -2.33. The fourth-order valence-electron chi connectivity index (χ4n) is 2.67. The first-order valence-corrected chi connectivity index (χ1v) is 9.14. The largest absolute Gasteiger partial charge is 0.341 e. The Hall–Kier alpha value is -1.63. The quantitative estimate of drug-likeness (QED) is 0.847. The molecule has 0 N–H and O–H groups in total. The zero-order chi connectivity index (χ0) is 16.3. The minimum absolute atomic E-state index is 0.0941. The van der Waals surface area contributed by atoms with Crippen LogP contribution in [0.25, 0.3) is 0 Å². The zero-order valence-electron chi connectivity index (χ0n) is 12.8. The van der Waals surface area contributed by atoms with E-state index < -0.39 is 15.8 Å². The number of nitrogens with zero attached hydrogens (tertiary/aromatic N) is 2. The number of hydrogen-bond acceptors (Lipinski definition) is 3. The van der Waals surface area contributed by atoms with Crippen LogP contribution in [-0.2, 0) is 14.8 Å². The second kappa shape index (κ2) is 6.64. The van der Waals surface area contributed by atoms with Crippen LogP contribution >= 0.6 is 0 Å². The molecule has 1 atom stereocenters. The Morgan fingerprint density at radius 1 is 1.41 bits per heavy atom. The molecule has 0 unspecified atom stereocenters. The number of carbonyl (C=O) groups excluding carboxylic acids is 1. The summed E-state index contributed by atoms with van der Waals surface area (Å²) in [4.78, 5) is 14.0. The molecule has 5 nitrogen and oxygen atoms in total. The van der Waals surface area contributed by atoms with Gasteiger partial charge in [0.15, 0.2) is 0 Å². The molecule has 1 aliphatic heterocycles. The van der Waals surface area contributed by atoms with Gasteiger partial charge >= 0.3 is 0 Å². The Bertz CT molecular complexity index is 648. The van der Waals surface area contributed by atoms with Gasteiger partial charge in [0.1, 0.15) is 12.4 Å². The van der Waals surface area contributed by atoms with E-state index in [1.165, 1.54) is 18.2 Å². The van der Waals surface area contributed by atoms with E-state index in [4.69, 9.17) is 0 Å². The lowest BCUT2D eigenvalue weighted by Crippen LogP contribution is -2.46. The molecule has 0 aromatic heterocycles. The highest BCUT2D eigenvalue weighted by atomic mass is 32.2. The van der Waals surface area contributed by atoms with Gasteiger partial charge in [-0.3, -0.25) is 9.10 Å². The third kappa shape index (κ3) is 3.97. The summed E-state index contributed by atoms with van der Waals surface area (Å²) in [5, 5.41) is 0. The fourth-order valence-corrected chi connectivity index (χ4v) is 3.52. The van der Waals surface area contributed by atoms with Gasteiger partial charge in [-0.25, -0.2) is 12.8 Å². The molecular weight excluding hydrogens is 307 g/mol. The molecular formula is C15H21FN2O3S. The monoisotopic (exact) mass is 328 g/mol. The maximum Gasteiger partial charge on any atom is 0.243 e. The highest BCUT2D eigenvalue weighted by Gasteiger charge is 2.27. The molecule has 2 rings (SSSR count). The van der Waals surface area contributed by atoms with E-state index in [0.717, 1.165) is 23.4 Å². The number of rotatable bonds is 4. The summed E-state index contributed by atoms with van der Waals surface area (Å²) in [5.41, 5.74) is -0.0941. The van der Waals surface area contributed by atoms with Crippen LogP contribution in [0.3, 0.4) is 0 Å². The third-order valence-electron chi connectivity index (χ3n) is 3.81. The van der Waals surface area contributed by atoms with Crippen LogP contribution in [0.2, 0.25) is 0 Å². The highest BCUT2D eigenvalue weighted by molar-refractivity contribution is 7.92. The molecule has 1 aromatic rings. The summed E-state index contributed by atoms with van der Waals surface area (Å²) >= 11 is 0. The zero-order valence-corrected chi connectivity index (χ0v) is 13.6. The number of sulfonamides is 1. The van der Waals surface area contributed by atoms with Gasteiger partial charge in [-0.2, -0.15) is 0 Å². The van der Waals surface area contributed by atoms with Crippen molar-refractivity contribution in [2.75, 3.05) is 30.2 Å². The van der Waals surface area contributed by atoms with Crippen molar-refractivity contribution in [2.24, 2.45) is 5.92 Å². The normalized spacial score (nSPS) is 19.0. The van der Waals surface area contributed by atoms with Crippen LogP contribution in [0.1, 0.15) is 19.8 Å². The lowest BCUT2D eigenvalue weighted by molar-refractivity contribution is -0.131. The molecule has 1 amide bonds. The topological polar surface area (TPSA) is 57.7 Å². The predicted molar refractivity (Wildman–Crippen MR) is 83.6 cm³/mol. The molecule has 22 heavy (non-hydrogen) atoms. The predicted octanol–water partition coefficient (Wildman–Crippen LogP) is 1.85. The minimum Gasteiger partial charge on any atom is -0.341 e. The van der Waals surface area contributed by atoms with E-state index >= 15 is 0 Å². The first kappa shape index (κ1) is 16.7. The summed E-state index contributed by atoms with van der Waals surface area (Å²) < 4.78 is 38.6. The first-order chi connectivity index (χ1) is 10.3. The second-order valence-corrected chi connectivity index (χ2v) is 7.72. The molecule has 1 fully saturated rings. The van der Waals surface area contributed by atoms with E-state index in [1.807, 2.05) is 0 Å². The first-order valence-electron chi connectivity index (χ1n) is 7.29. The average Bonchev–Trinajstić information content (AvgIpc) is 2.44. The number of amides is 1. The van der Waals surface area contributed by atoms with Gasteiger partial charge in [-0.1, -0.05) is 19.1 Å². The SMILES string of the molecule is C[C@H]1CCCN(C(=O)CN(c2ccccc2F)S(C)(=O)=O)C1. The summed E-state index contributed by atoms with van der Waals surface area (Å²) in [6, 6.07) is 5.57. The number of hydrogen-bond donors (Lipinski definition) is 0. The van der Waals surface area contributed by atoms with Crippen molar-refractivity contribution < 1.29 is 17.6 Å². The molecule has 1 aliphatic rings. The molecule has 1 aromatic carbocycles. The Morgan fingerprint density at radius 3 is 2.68 bits per heavy atom. The van der Waals surface area contributed by atoms with Gasteiger partial charge in [0.25, 0.3) is 0 Å². The molecule has 1 saturated heterocycles. The molecule has 1 heterocycles. The standard InChI is InChI=1S/C15H21FN2O3S/c1-12-6-5-9-17(10-12)15(19)11-18(22(2,20)21)14-8-4-3-7-13(14)16/h3-4,7-8,12H,5-6,9-11H2,1-2H3/t12-/m0/s1. The van der Waals surface area contributed by atoms with Crippen molar-refractivity contribution in [1.82, 2.24) is 4.90 Å². The van der Waals surface area contributed by atoms with E-state index in [9.17, 15) is 17.6 Å². The van der Waals surface area contributed by atoms with Crippen LogP contribution in [0.15, 0.2) is 24.3 Å². The number of para-hydroxylation sites is 1. The fraction of sp³-hybridized carbons (Fsp3) is 0.533. The van der Waals surface area contributed by atoms with Crippen molar-refractivity contribution in [1.29, 1.82) is 0 Å². The molecule has 0 aliphatic carbocycles. The average molecular weight is 328 g/mol. The molecule has 0 saturated carbocycles. The second-order valence-electron chi connectivity index (χ2n) is 5.81. The third-order valence-corrected chi connectivity index (χ3v) is 4.94. The summed E-state index contributed by atoms with van der Waals surface area (Å²) in [7, 11) is -3.74. The van der Waals surface area contributed by atoms with E-state index in [1.54, 1.807) is 11.0 Å². The Morgan fingerprint density at radius 2 is 2.09 bits per heavy atom. The van der Waals surface area contributed by atoms with Gasteiger partial charge in [0, 0.05) is 13.1 Å². The van der Waals surface area contributed by atoms with Gasteiger partial charge in [-0.05, 0) is 30.9 Å². The van der Waals surface area contributed by atoms with Crippen molar-refractivity contribution >= 4 is 21.6 Å². The summed E-state index contributed by atoms with van der Waals surface area (Å²) in [6.45, 7) is 2.93. The van der Waals surface area contributed by atoms with E-state index in [0.29, 0.717) is 19.0 Å². The number of anilines is 1.